The Hall–Kier alpha value is -1.14. The van der Waals surface area contributed by atoms with E-state index in [1.807, 2.05) is 4.74 Å². The number of nitrogens with zero attached hydrogens (tertiary/aromatic N) is 1. The normalized spacial score (nSPS) is 25.9. The number of halogens is 11. The number of alkyl halides is 10. The van der Waals surface area contributed by atoms with E-state index in [2.05, 4.69) is 0 Å². The molecule has 1 aliphatic rings. The molecule has 1 aliphatic heterocycles. The lowest BCUT2D eigenvalue weighted by molar-refractivity contribution is -0.453. The van der Waals surface area contributed by atoms with E-state index in [4.69, 9.17) is 0 Å². The second-order valence-electron chi connectivity index (χ2n) is 3.24. The SMILES string of the molecule is FC1=NC(C(F)(F)F)(C(F)(F)F)C(F)(F)OC1(F)F. The van der Waals surface area contributed by atoms with Gasteiger partial charge >= 0.3 is 30.1 Å². The average Bonchev–Trinajstić information content (AvgIpc) is 2.04. The van der Waals surface area contributed by atoms with Crippen molar-refractivity contribution in [2.45, 2.75) is 30.1 Å². The molecule has 0 saturated carbocycles. The van der Waals surface area contributed by atoms with Gasteiger partial charge in [-0.15, -0.1) is 0 Å². The smallest absolute Gasteiger partial charge is 0.246 e. The largest absolute Gasteiger partial charge is 0.431 e. The first-order valence-electron chi connectivity index (χ1n) is 3.93. The number of hydrogen-bond acceptors (Lipinski definition) is 2. The van der Waals surface area contributed by atoms with Crippen LogP contribution in [0.3, 0.4) is 0 Å². The topological polar surface area (TPSA) is 21.6 Å². The van der Waals surface area contributed by atoms with E-state index >= 15 is 0 Å². The number of ether oxygens (including phenoxy) is 1. The molecule has 1 rings (SSSR count). The highest BCUT2D eigenvalue weighted by molar-refractivity contribution is 5.82. The molecule has 0 spiro atoms. The molecule has 0 fully saturated rings. The number of aliphatic imine (C=N–C) groups is 1. The first kappa shape index (κ1) is 15.9. The summed E-state index contributed by atoms with van der Waals surface area (Å²) in [5.74, 6) is -3.66. The monoisotopic (exact) mass is 311 g/mol. The van der Waals surface area contributed by atoms with Crippen LogP contribution >= 0.6 is 0 Å². The molecular weight excluding hydrogens is 311 g/mol. The Morgan fingerprint density at radius 2 is 1.21 bits per heavy atom. The molecule has 0 amide bonds. The van der Waals surface area contributed by atoms with Crippen LogP contribution in [0.25, 0.3) is 0 Å². The lowest BCUT2D eigenvalue weighted by Crippen LogP contribution is -2.71. The van der Waals surface area contributed by atoms with Crippen LogP contribution in [0.15, 0.2) is 4.99 Å². The lowest BCUT2D eigenvalue weighted by Gasteiger charge is -2.42. The number of rotatable bonds is 0. The molecule has 0 bridgehead atoms. The van der Waals surface area contributed by atoms with Gasteiger partial charge in [-0.3, -0.25) is 0 Å². The molecular formula is C6F11NO. The Kier molecular flexibility index (Phi) is 3.10. The van der Waals surface area contributed by atoms with E-state index in [9.17, 15) is 48.3 Å². The van der Waals surface area contributed by atoms with Crippen molar-refractivity contribution in [1.29, 1.82) is 0 Å². The summed E-state index contributed by atoms with van der Waals surface area (Å²) in [5, 5.41) is 0. The highest BCUT2D eigenvalue weighted by Crippen LogP contribution is 2.58. The standard InChI is InChI=1S/C6F11NO/c7-1-2(8,9)19-6(16,17)3(18-1,4(10,11)12)5(13,14)15. The molecule has 13 heteroatoms. The minimum Gasteiger partial charge on any atom is -0.246 e. The molecule has 112 valence electrons. The van der Waals surface area contributed by atoms with Crippen LogP contribution in [0.4, 0.5) is 48.3 Å². The Morgan fingerprint density at radius 3 is 1.53 bits per heavy atom. The molecule has 0 atom stereocenters. The van der Waals surface area contributed by atoms with E-state index in [0.29, 0.717) is 0 Å². The van der Waals surface area contributed by atoms with Crippen molar-refractivity contribution >= 4 is 5.97 Å². The maximum absolute atomic E-state index is 12.8. The molecule has 0 aromatic heterocycles. The lowest BCUT2D eigenvalue weighted by atomic mass is 9.96. The molecule has 0 aromatic rings. The quantitative estimate of drug-likeness (QED) is 0.628. The molecule has 19 heavy (non-hydrogen) atoms. The van der Waals surface area contributed by atoms with Crippen molar-refractivity contribution in [2.24, 2.45) is 4.99 Å². The van der Waals surface area contributed by atoms with Crippen LogP contribution in [0.5, 0.6) is 0 Å². The Bertz CT molecular complexity index is 390. The number of hydrogen-bond donors (Lipinski definition) is 0. The van der Waals surface area contributed by atoms with Crippen LogP contribution in [0.2, 0.25) is 0 Å². The van der Waals surface area contributed by atoms with E-state index in [1.54, 1.807) is 0 Å². The summed E-state index contributed by atoms with van der Waals surface area (Å²) in [7, 11) is 0. The third-order valence-corrected chi connectivity index (χ3v) is 2.00. The summed E-state index contributed by atoms with van der Waals surface area (Å²) in [5.41, 5.74) is -6.45. The third kappa shape index (κ3) is 2.03. The van der Waals surface area contributed by atoms with Crippen molar-refractivity contribution < 1.29 is 53.0 Å². The molecule has 0 aromatic carbocycles. The highest BCUT2D eigenvalue weighted by atomic mass is 19.4. The molecule has 2 nitrogen and oxygen atoms in total. The second-order valence-corrected chi connectivity index (χ2v) is 3.24. The van der Waals surface area contributed by atoms with Crippen molar-refractivity contribution in [3.8, 4) is 0 Å². The fourth-order valence-corrected chi connectivity index (χ4v) is 1.17. The van der Waals surface area contributed by atoms with Crippen molar-refractivity contribution in [3.63, 3.8) is 0 Å². The van der Waals surface area contributed by atoms with Crippen LogP contribution < -0.4 is 0 Å². The zero-order valence-electron chi connectivity index (χ0n) is 8.01. The van der Waals surface area contributed by atoms with Crippen molar-refractivity contribution in [2.75, 3.05) is 0 Å². The Balaban J connectivity index is 3.69. The van der Waals surface area contributed by atoms with Gasteiger partial charge in [0.05, 0.1) is 0 Å². The molecule has 0 aliphatic carbocycles. The summed E-state index contributed by atoms with van der Waals surface area (Å²) in [4.78, 5) is 0.837. The van der Waals surface area contributed by atoms with Gasteiger partial charge < -0.3 is 0 Å². The average molecular weight is 311 g/mol. The van der Waals surface area contributed by atoms with Gasteiger partial charge in [-0.2, -0.15) is 48.3 Å². The highest BCUT2D eigenvalue weighted by Gasteiger charge is 2.88. The fraction of sp³-hybridized carbons (Fsp3) is 0.833. The molecule has 1 heterocycles. The van der Waals surface area contributed by atoms with Crippen LogP contribution in [0.1, 0.15) is 0 Å². The van der Waals surface area contributed by atoms with E-state index in [0.717, 1.165) is 4.99 Å². The van der Waals surface area contributed by atoms with Crippen LogP contribution in [-0.4, -0.2) is 36.1 Å². The third-order valence-electron chi connectivity index (χ3n) is 2.00. The minimum absolute atomic E-state index is 0.837. The molecule has 0 unspecified atom stereocenters. The zero-order valence-corrected chi connectivity index (χ0v) is 8.01. The first-order chi connectivity index (χ1) is 8.08. The molecule has 0 N–H and O–H groups in total. The summed E-state index contributed by atoms with van der Waals surface area (Å²) in [6.45, 7) is 0. The Morgan fingerprint density at radius 1 is 0.842 bits per heavy atom. The van der Waals surface area contributed by atoms with Crippen molar-refractivity contribution in [3.05, 3.63) is 0 Å². The van der Waals surface area contributed by atoms with Gasteiger partial charge in [0.2, 0.25) is 0 Å². The zero-order chi connectivity index (χ0) is 15.5. The van der Waals surface area contributed by atoms with E-state index in [-0.39, 0.29) is 0 Å². The summed E-state index contributed by atoms with van der Waals surface area (Å²) < 4.78 is 138. The molecule has 0 saturated heterocycles. The van der Waals surface area contributed by atoms with Crippen LogP contribution in [-0.2, 0) is 4.74 Å². The van der Waals surface area contributed by atoms with E-state index < -0.39 is 36.1 Å². The summed E-state index contributed by atoms with van der Waals surface area (Å²) in [6, 6.07) is 0. The van der Waals surface area contributed by atoms with Gasteiger partial charge in [-0.05, 0) is 0 Å². The maximum atomic E-state index is 12.8. The van der Waals surface area contributed by atoms with E-state index in [1.165, 1.54) is 0 Å². The fourth-order valence-electron chi connectivity index (χ4n) is 1.17. The second kappa shape index (κ2) is 3.70. The van der Waals surface area contributed by atoms with Gasteiger partial charge in [-0.25, -0.2) is 9.73 Å². The summed E-state index contributed by atoms with van der Waals surface area (Å²) >= 11 is 0. The minimum atomic E-state index is -6.93. The predicted octanol–water partition coefficient (Wildman–Crippen LogP) is 3.43. The van der Waals surface area contributed by atoms with Crippen molar-refractivity contribution in [1.82, 2.24) is 0 Å². The summed E-state index contributed by atoms with van der Waals surface area (Å²) in [6.07, 6.45) is -26.1. The van der Waals surface area contributed by atoms with Gasteiger partial charge in [0, 0.05) is 0 Å². The first-order valence-corrected chi connectivity index (χ1v) is 3.93. The molecule has 0 radical (unpaired) electrons. The van der Waals surface area contributed by atoms with Crippen LogP contribution in [0, 0.1) is 0 Å². The maximum Gasteiger partial charge on any atom is 0.431 e. The van der Waals surface area contributed by atoms with Gasteiger partial charge in [-0.1, -0.05) is 0 Å². The van der Waals surface area contributed by atoms with Gasteiger partial charge in [0.25, 0.3) is 5.97 Å². The Labute approximate surface area is 95.4 Å². The predicted molar refractivity (Wildman–Crippen MR) is 34.4 cm³/mol. The van der Waals surface area contributed by atoms with Gasteiger partial charge in [0.15, 0.2) is 0 Å². The van der Waals surface area contributed by atoms with Gasteiger partial charge in [0.1, 0.15) is 0 Å².